The summed E-state index contributed by atoms with van der Waals surface area (Å²) in [5.74, 6) is 0.0748. The van der Waals surface area contributed by atoms with Crippen LogP contribution in [0, 0.1) is 5.82 Å². The van der Waals surface area contributed by atoms with Gasteiger partial charge < -0.3 is 21.1 Å². The number of fused-ring (bicyclic) bond motifs is 2. The zero-order valence-corrected chi connectivity index (χ0v) is 17.1. The van der Waals surface area contributed by atoms with Crippen molar-refractivity contribution >= 4 is 34.5 Å². The van der Waals surface area contributed by atoms with Crippen LogP contribution in [0.25, 0.3) is 16.2 Å². The second-order valence-electron chi connectivity index (χ2n) is 6.96. The number of nitrogen functional groups attached to an aromatic ring is 1. The molecule has 4 N–H and O–H groups in total. The lowest BCUT2D eigenvalue weighted by Crippen LogP contribution is -2.33. The van der Waals surface area contributed by atoms with Crippen molar-refractivity contribution in [2.45, 2.75) is 19.6 Å². The van der Waals surface area contributed by atoms with E-state index in [0.717, 1.165) is 6.20 Å². The van der Waals surface area contributed by atoms with E-state index >= 15 is 0 Å². The Morgan fingerprint density at radius 2 is 2.19 bits per heavy atom. The molecule has 1 amide bonds. The first kappa shape index (κ1) is 19.2. The van der Waals surface area contributed by atoms with Gasteiger partial charge in [-0.1, -0.05) is 0 Å². The largest absolute Gasteiger partial charge is 0.473 e. The van der Waals surface area contributed by atoms with Crippen molar-refractivity contribution in [1.82, 2.24) is 29.9 Å². The van der Waals surface area contributed by atoms with Gasteiger partial charge in [-0.15, -0.1) is 11.3 Å². The molecule has 4 aromatic heterocycles. The van der Waals surface area contributed by atoms with Crippen molar-refractivity contribution in [2.24, 2.45) is 0 Å². The molecule has 1 atom stereocenters. The molecule has 0 spiro atoms. The normalized spacial score (nSPS) is 16.5. The summed E-state index contributed by atoms with van der Waals surface area (Å²) >= 11 is 1.38. The van der Waals surface area contributed by atoms with Crippen LogP contribution in [0.5, 0.6) is 5.88 Å². The minimum atomic E-state index is -0.490. The molecule has 0 aliphatic carbocycles. The number of pyridine rings is 1. The van der Waals surface area contributed by atoms with Crippen molar-refractivity contribution in [2.75, 3.05) is 17.6 Å². The smallest absolute Gasteiger partial charge is 0.256 e. The van der Waals surface area contributed by atoms with Gasteiger partial charge >= 0.3 is 0 Å². The van der Waals surface area contributed by atoms with Gasteiger partial charge in [-0.25, -0.2) is 19.3 Å². The number of rotatable bonds is 1. The molecule has 0 radical (unpaired) electrons. The van der Waals surface area contributed by atoms with E-state index in [4.69, 9.17) is 10.5 Å². The first-order chi connectivity index (χ1) is 15.0. The van der Waals surface area contributed by atoms with Crippen LogP contribution in [-0.2, 0) is 6.54 Å². The molecule has 1 aliphatic rings. The first-order valence-electron chi connectivity index (χ1n) is 9.41. The number of hydrogen-bond donors (Lipinski definition) is 3. The predicted octanol–water partition coefficient (Wildman–Crippen LogP) is 2.09. The SMILES string of the molecule is CC1CNC(=O)c2cnn3c(N)c(-c4nccs4)c(nc23)NCc2cc(F)cnc2O1. The first-order valence-corrected chi connectivity index (χ1v) is 10.3. The number of ether oxygens (including phenoxy) is 1. The number of thiazole rings is 1. The van der Waals surface area contributed by atoms with Gasteiger partial charge in [0.15, 0.2) is 5.65 Å². The van der Waals surface area contributed by atoms with E-state index in [1.54, 1.807) is 13.1 Å². The third-order valence-corrected chi connectivity index (χ3v) is 5.57. The van der Waals surface area contributed by atoms with Crippen molar-refractivity contribution in [3.63, 3.8) is 0 Å². The number of amides is 1. The van der Waals surface area contributed by atoms with Crippen molar-refractivity contribution in [1.29, 1.82) is 0 Å². The average Bonchev–Trinajstić information content (AvgIpc) is 3.42. The summed E-state index contributed by atoms with van der Waals surface area (Å²) < 4.78 is 21.1. The molecule has 31 heavy (non-hydrogen) atoms. The van der Waals surface area contributed by atoms with Gasteiger partial charge in [0.05, 0.1) is 24.5 Å². The zero-order valence-electron chi connectivity index (χ0n) is 16.3. The number of halogens is 1. The number of nitrogens with zero attached hydrogens (tertiary/aromatic N) is 5. The predicted molar refractivity (Wildman–Crippen MR) is 112 cm³/mol. The number of anilines is 2. The minimum Gasteiger partial charge on any atom is -0.473 e. The molecular formula is C19H17FN8O2S. The highest BCUT2D eigenvalue weighted by Crippen LogP contribution is 2.35. The number of hydrogen-bond acceptors (Lipinski definition) is 9. The highest BCUT2D eigenvalue weighted by atomic mass is 32.1. The Bertz CT molecular complexity index is 1290. The summed E-state index contributed by atoms with van der Waals surface area (Å²) in [4.78, 5) is 25.8. The van der Waals surface area contributed by atoms with E-state index in [1.807, 2.05) is 5.38 Å². The van der Waals surface area contributed by atoms with E-state index < -0.39 is 11.9 Å². The molecule has 2 bridgehead atoms. The Morgan fingerprint density at radius 1 is 1.32 bits per heavy atom. The Hall–Kier alpha value is -3.80. The van der Waals surface area contributed by atoms with Crippen LogP contribution < -0.4 is 21.1 Å². The lowest BCUT2D eigenvalue weighted by Gasteiger charge is -2.17. The number of nitrogens with two attached hydrogens (primary N) is 1. The molecule has 0 fully saturated rings. The van der Waals surface area contributed by atoms with Crippen LogP contribution >= 0.6 is 11.3 Å². The summed E-state index contributed by atoms with van der Waals surface area (Å²) in [6.07, 6.45) is 3.76. The highest BCUT2D eigenvalue weighted by molar-refractivity contribution is 7.13. The van der Waals surface area contributed by atoms with Crippen molar-refractivity contribution in [3.05, 3.63) is 47.0 Å². The van der Waals surface area contributed by atoms with Gasteiger partial charge in [-0.05, 0) is 13.0 Å². The van der Waals surface area contributed by atoms with E-state index in [9.17, 15) is 9.18 Å². The molecule has 158 valence electrons. The number of aromatic nitrogens is 5. The third-order valence-electron chi connectivity index (χ3n) is 4.77. The second kappa shape index (κ2) is 7.47. The second-order valence-corrected chi connectivity index (χ2v) is 7.86. The average molecular weight is 440 g/mol. The number of carbonyl (C=O) groups excluding carboxylic acids is 1. The molecule has 0 aromatic carbocycles. The Balaban J connectivity index is 1.70. The summed E-state index contributed by atoms with van der Waals surface area (Å²) in [7, 11) is 0. The Morgan fingerprint density at radius 3 is 3.00 bits per heavy atom. The van der Waals surface area contributed by atoms with E-state index in [-0.39, 0.29) is 36.3 Å². The van der Waals surface area contributed by atoms with Gasteiger partial charge in [0.25, 0.3) is 5.91 Å². The maximum atomic E-state index is 13.9. The van der Waals surface area contributed by atoms with E-state index in [2.05, 4.69) is 30.7 Å². The fourth-order valence-corrected chi connectivity index (χ4v) is 4.00. The van der Waals surface area contributed by atoms with Gasteiger partial charge in [-0.2, -0.15) is 9.61 Å². The lowest BCUT2D eigenvalue weighted by molar-refractivity contribution is 0.0932. The van der Waals surface area contributed by atoms with E-state index in [0.29, 0.717) is 27.6 Å². The molecule has 5 rings (SSSR count). The third kappa shape index (κ3) is 3.40. The van der Waals surface area contributed by atoms with Crippen LogP contribution in [0.1, 0.15) is 22.8 Å². The zero-order chi connectivity index (χ0) is 21.5. The quantitative estimate of drug-likeness (QED) is 0.410. The van der Waals surface area contributed by atoms with Crippen LogP contribution in [0.2, 0.25) is 0 Å². The molecule has 12 heteroatoms. The standard InChI is InChI=1S/C19H17FN8O2S/c1-9-5-24-17(29)12-8-26-28-14(21)13(19-22-2-3-31-19)15(27-16(12)28)23-6-10-4-11(20)7-25-18(10)30-9/h2-4,7-9H,5-6,21H2,1H3,(H,23,27)(H,24,29). The van der Waals surface area contributed by atoms with Gasteiger partial charge in [-0.3, -0.25) is 4.79 Å². The lowest BCUT2D eigenvalue weighted by atomic mass is 10.2. The fraction of sp³-hybridized carbons (Fsp3) is 0.211. The monoisotopic (exact) mass is 440 g/mol. The highest BCUT2D eigenvalue weighted by Gasteiger charge is 2.24. The maximum absolute atomic E-state index is 13.9. The van der Waals surface area contributed by atoms with Gasteiger partial charge in [0, 0.05) is 23.7 Å². The fourth-order valence-electron chi connectivity index (χ4n) is 3.30. The molecule has 0 saturated heterocycles. The Kier molecular flexibility index (Phi) is 4.62. The molecular weight excluding hydrogens is 423 g/mol. The molecule has 1 aliphatic heterocycles. The van der Waals surface area contributed by atoms with Gasteiger partial charge in [0.1, 0.15) is 34.1 Å². The number of carbonyl (C=O) groups is 1. The van der Waals surface area contributed by atoms with Crippen molar-refractivity contribution in [3.8, 4) is 16.5 Å². The van der Waals surface area contributed by atoms with Crippen LogP contribution in [0.4, 0.5) is 16.0 Å². The molecule has 10 nitrogen and oxygen atoms in total. The molecule has 1 unspecified atom stereocenters. The van der Waals surface area contributed by atoms with Gasteiger partial charge in [0.2, 0.25) is 5.88 Å². The molecule has 0 saturated carbocycles. The van der Waals surface area contributed by atoms with E-state index in [1.165, 1.54) is 28.1 Å². The summed E-state index contributed by atoms with van der Waals surface area (Å²) in [6.45, 7) is 2.16. The summed E-state index contributed by atoms with van der Waals surface area (Å²) in [6, 6.07) is 1.34. The molecule has 4 aromatic rings. The number of nitrogens with one attached hydrogen (secondary N) is 2. The van der Waals surface area contributed by atoms with Crippen molar-refractivity contribution < 1.29 is 13.9 Å². The Labute approximate surface area is 179 Å². The van der Waals surface area contributed by atoms with Crippen LogP contribution in [0.3, 0.4) is 0 Å². The topological polar surface area (TPSA) is 132 Å². The minimum absolute atomic E-state index is 0.165. The maximum Gasteiger partial charge on any atom is 0.256 e. The van der Waals surface area contributed by atoms with Crippen LogP contribution in [-0.4, -0.2) is 43.1 Å². The van der Waals surface area contributed by atoms with Crippen LogP contribution in [0.15, 0.2) is 30.0 Å². The summed E-state index contributed by atoms with van der Waals surface area (Å²) in [5.41, 5.74) is 8.01. The summed E-state index contributed by atoms with van der Waals surface area (Å²) in [5, 5.41) is 12.7. The molecule has 5 heterocycles.